The quantitative estimate of drug-likeness (QED) is 0.0323. The Bertz CT molecular complexity index is 1840. The third kappa shape index (κ3) is 28.5. The van der Waals surface area contributed by atoms with Crippen molar-refractivity contribution >= 4 is 47.4 Å². The predicted octanol–water partition coefficient (Wildman–Crippen LogP) is 5.71. The molecule has 85 heavy (non-hydrogen) atoms. The summed E-state index contributed by atoms with van der Waals surface area (Å²) >= 11 is 0. The van der Waals surface area contributed by atoms with Crippen LogP contribution in [-0.2, 0) is 95.2 Å². The van der Waals surface area contributed by atoms with Crippen LogP contribution in [0.1, 0.15) is 154 Å². The molecule has 0 aromatic heterocycles. The van der Waals surface area contributed by atoms with Crippen molar-refractivity contribution in [1.29, 1.82) is 0 Å². The molecule has 3 rings (SSSR count). The van der Waals surface area contributed by atoms with Crippen LogP contribution in [0.3, 0.4) is 0 Å². The Kier molecular flexibility index (Phi) is 35.4. The minimum absolute atomic E-state index is 0.00494. The third-order valence-electron chi connectivity index (χ3n) is 17.1. The van der Waals surface area contributed by atoms with E-state index >= 15 is 0 Å². The van der Waals surface area contributed by atoms with E-state index in [1.807, 2.05) is 0 Å². The first kappa shape index (κ1) is 74.9. The fourth-order valence-electron chi connectivity index (χ4n) is 10.4. The van der Waals surface area contributed by atoms with Gasteiger partial charge in [0, 0.05) is 96.7 Å². The molecule has 6 unspecified atom stereocenters. The van der Waals surface area contributed by atoms with Crippen molar-refractivity contribution in [3.63, 3.8) is 0 Å². The molecule has 0 radical (unpaired) electrons. The van der Waals surface area contributed by atoms with E-state index in [0.717, 1.165) is 0 Å². The number of aliphatic carboxylic acids is 1. The van der Waals surface area contributed by atoms with Crippen LogP contribution >= 0.6 is 0 Å². The zero-order valence-corrected chi connectivity index (χ0v) is 53.0. The van der Waals surface area contributed by atoms with Crippen molar-refractivity contribution in [3.8, 4) is 0 Å². The van der Waals surface area contributed by atoms with Crippen LogP contribution in [0, 0.1) is 53.3 Å². The van der Waals surface area contributed by atoms with Gasteiger partial charge in [-0.25, -0.2) is 0 Å². The number of carboxylic acid groups (broad SMARTS) is 1. The summed E-state index contributed by atoms with van der Waals surface area (Å²) in [6.07, 6.45) is -0.239. The van der Waals surface area contributed by atoms with Crippen LogP contribution in [0.4, 0.5) is 0 Å². The lowest BCUT2D eigenvalue weighted by atomic mass is 9.79. The second-order valence-corrected chi connectivity index (χ2v) is 23.8. The molecular weight excluding hydrogens is 1110 g/mol. The Hall–Kier alpha value is -4.40. The number of carboxylic acids is 1. The lowest BCUT2D eigenvalue weighted by molar-refractivity contribution is -0.255. The molecule has 3 aliphatic heterocycles. The second kappa shape index (κ2) is 40.2. The van der Waals surface area contributed by atoms with E-state index in [-0.39, 0.29) is 211 Å². The number of nitrogens with one attached hydrogen (secondary N) is 3. The summed E-state index contributed by atoms with van der Waals surface area (Å²) < 4.78 is 70.6. The minimum Gasteiger partial charge on any atom is -0.481 e. The maximum atomic E-state index is 13.5. The monoisotopic (exact) mass is 1220 g/mol. The van der Waals surface area contributed by atoms with Gasteiger partial charge in [0.05, 0.1) is 71.2 Å². The standard InChI is InChI=1S/C61H105N3O21/c1-38-41(4)51(32-80-47(10)65)83-58(44(38)7)77-26-14-13-18-50(68)21-29-74-35-61(64-56(71)19-15-20-57(72)73,36-75-30-22-54(69)62-24-16-27-78-59-45(8)39(2)42(5)52(84-59)33-81-48(11)66)37-76-31-23-55(70)63-25-17-28-79-60-46(9)40(3)43(6)53(85-60)34-82-49(12)67/h38-46,51-53,58-60H,13-37H2,1-12H3,(H,62,69)(H,63,70)(H,64,71)(H,72,73)/t38-,39-,40-,41?,42?,43?,44+,45+,46+,51?,52?,53?,58-,59-,60-,61?/m1/s1. The number of ether oxygens (including phenoxy) is 12. The summed E-state index contributed by atoms with van der Waals surface area (Å²) in [7, 11) is 0. The van der Waals surface area contributed by atoms with Crippen LogP contribution in [0.25, 0.3) is 0 Å². The van der Waals surface area contributed by atoms with Gasteiger partial charge in [0.15, 0.2) is 18.9 Å². The third-order valence-corrected chi connectivity index (χ3v) is 17.1. The summed E-state index contributed by atoms with van der Waals surface area (Å²) in [5, 5.41) is 17.9. The van der Waals surface area contributed by atoms with Crippen molar-refractivity contribution in [2.45, 2.75) is 196 Å². The number of hydrogen-bond acceptors (Lipinski definition) is 20. The normalized spacial score (nSPS) is 28.3. The van der Waals surface area contributed by atoms with Gasteiger partial charge in [0.25, 0.3) is 0 Å². The molecule has 3 aliphatic rings. The molecule has 0 saturated carbocycles. The first-order chi connectivity index (χ1) is 40.3. The van der Waals surface area contributed by atoms with Gasteiger partial charge in [-0.2, -0.15) is 0 Å². The van der Waals surface area contributed by atoms with E-state index in [4.69, 9.17) is 56.8 Å². The fraction of sp³-hybridized carbons (Fsp3) is 0.869. The molecule has 4 N–H and O–H groups in total. The maximum absolute atomic E-state index is 13.5. The molecule has 0 aromatic rings. The van der Waals surface area contributed by atoms with Gasteiger partial charge in [0.2, 0.25) is 17.7 Å². The largest absolute Gasteiger partial charge is 0.481 e. The summed E-state index contributed by atoms with van der Waals surface area (Å²) in [6.45, 7) is 24.2. The molecule has 3 saturated heterocycles. The average molecular weight is 1220 g/mol. The zero-order chi connectivity index (χ0) is 63.1. The number of hydrogen-bond donors (Lipinski definition) is 4. The highest BCUT2D eigenvalue weighted by atomic mass is 16.7. The molecule has 0 aliphatic carbocycles. The smallest absolute Gasteiger partial charge is 0.303 e. The average Bonchev–Trinajstić information content (AvgIpc) is 2.93. The van der Waals surface area contributed by atoms with E-state index < -0.39 is 36.3 Å². The highest BCUT2D eigenvalue weighted by Gasteiger charge is 2.43. The number of esters is 3. The molecule has 15 atom stereocenters. The summed E-state index contributed by atoms with van der Waals surface area (Å²) in [5.41, 5.74) is -1.39. The number of ketones is 1. The van der Waals surface area contributed by atoms with E-state index in [0.29, 0.717) is 58.6 Å². The number of carbonyl (C=O) groups excluding carboxylic acids is 7. The van der Waals surface area contributed by atoms with Crippen molar-refractivity contribution in [1.82, 2.24) is 16.0 Å². The van der Waals surface area contributed by atoms with E-state index in [2.05, 4.69) is 78.3 Å². The predicted molar refractivity (Wildman–Crippen MR) is 309 cm³/mol. The SMILES string of the molecule is CC(=O)OCC1O[C@@H](OCCCCC(=O)CCOCC(COCCC(=O)NCCCO[C@@H]2OC(COC(C)=O)C(C)[C@@H](C)[C@@H]2C)(COCCC(=O)NCCCO[C@@H]2OC(COC(C)=O)C(C)[C@@H](C)[C@@H]2C)NC(=O)CCCC(=O)O)[C@@H](C)[C@H](C)C1C. The summed E-state index contributed by atoms with van der Waals surface area (Å²) in [6, 6.07) is 0. The number of Topliss-reactive ketones (excluding diaryl/α,β-unsaturated/α-hetero) is 1. The number of unbranched alkanes of at least 4 members (excludes halogenated alkanes) is 1. The van der Waals surface area contributed by atoms with Crippen LogP contribution in [0.15, 0.2) is 0 Å². The van der Waals surface area contributed by atoms with Crippen molar-refractivity contribution < 1.29 is 100 Å². The molecule has 3 amide bonds. The van der Waals surface area contributed by atoms with Crippen molar-refractivity contribution in [2.75, 3.05) is 92.4 Å². The van der Waals surface area contributed by atoms with Crippen LogP contribution < -0.4 is 16.0 Å². The molecule has 24 heteroatoms. The molecule has 0 spiro atoms. The first-order valence-corrected chi connectivity index (χ1v) is 30.9. The summed E-state index contributed by atoms with van der Waals surface area (Å²) in [4.78, 5) is 98.2. The van der Waals surface area contributed by atoms with Gasteiger partial charge in [-0.15, -0.1) is 0 Å². The highest BCUT2D eigenvalue weighted by molar-refractivity contribution is 5.79. The van der Waals surface area contributed by atoms with Gasteiger partial charge >= 0.3 is 23.9 Å². The van der Waals surface area contributed by atoms with Crippen molar-refractivity contribution in [2.24, 2.45) is 53.3 Å². The Morgan fingerprint density at radius 1 is 0.400 bits per heavy atom. The van der Waals surface area contributed by atoms with Gasteiger partial charge in [0.1, 0.15) is 31.1 Å². The van der Waals surface area contributed by atoms with Gasteiger partial charge < -0.3 is 77.9 Å². The van der Waals surface area contributed by atoms with E-state index in [1.165, 1.54) is 20.8 Å². The van der Waals surface area contributed by atoms with E-state index in [1.54, 1.807) is 0 Å². The lowest BCUT2D eigenvalue weighted by Crippen LogP contribution is -2.58. The Balaban J connectivity index is 1.57. The molecular formula is C61H105N3O21. The summed E-state index contributed by atoms with van der Waals surface area (Å²) in [5.74, 6) is -1.77. The Labute approximate surface area is 504 Å². The number of rotatable bonds is 42. The van der Waals surface area contributed by atoms with Crippen LogP contribution in [-0.4, -0.2) is 188 Å². The highest BCUT2D eigenvalue weighted by Crippen LogP contribution is 2.38. The molecule has 3 fully saturated rings. The molecule has 0 bridgehead atoms. The molecule has 24 nitrogen and oxygen atoms in total. The fourth-order valence-corrected chi connectivity index (χ4v) is 10.4. The maximum Gasteiger partial charge on any atom is 0.303 e. The van der Waals surface area contributed by atoms with Crippen LogP contribution in [0.5, 0.6) is 0 Å². The first-order valence-electron chi connectivity index (χ1n) is 30.9. The molecule has 0 aromatic carbocycles. The minimum atomic E-state index is -1.39. The Morgan fingerprint density at radius 3 is 1.13 bits per heavy atom. The van der Waals surface area contributed by atoms with Gasteiger partial charge in [-0.1, -0.05) is 62.3 Å². The van der Waals surface area contributed by atoms with Gasteiger partial charge in [-0.3, -0.25) is 38.4 Å². The number of carbonyl (C=O) groups is 8. The number of amides is 3. The second-order valence-electron chi connectivity index (χ2n) is 23.8. The van der Waals surface area contributed by atoms with E-state index in [9.17, 15) is 43.5 Å². The van der Waals surface area contributed by atoms with Crippen molar-refractivity contribution in [3.05, 3.63) is 0 Å². The zero-order valence-electron chi connectivity index (χ0n) is 53.0. The topological polar surface area (TPSA) is 304 Å². The van der Waals surface area contributed by atoms with Gasteiger partial charge in [-0.05, 0) is 67.6 Å². The Morgan fingerprint density at radius 2 is 0.765 bits per heavy atom. The lowest BCUT2D eigenvalue weighted by Gasteiger charge is -2.43. The van der Waals surface area contributed by atoms with Crippen LogP contribution in [0.2, 0.25) is 0 Å². The molecule has 490 valence electrons. The molecule has 3 heterocycles.